The smallest absolute Gasteiger partial charge is 0.303 e. The first kappa shape index (κ1) is 19.2. The Bertz CT molecular complexity index is 429. The molecule has 0 aromatic rings. The Kier molecular flexibility index (Phi) is 8.54. The lowest BCUT2D eigenvalue weighted by atomic mass is 9.78. The first-order chi connectivity index (χ1) is 11.7. The molecule has 2 aliphatic heterocycles. The van der Waals surface area contributed by atoms with Gasteiger partial charge in [-0.1, -0.05) is 37.6 Å². The Balaban J connectivity index is 1.69. The van der Waals surface area contributed by atoms with Gasteiger partial charge in [0.15, 0.2) is 0 Å². The summed E-state index contributed by atoms with van der Waals surface area (Å²) >= 11 is 0. The van der Waals surface area contributed by atoms with Crippen LogP contribution >= 0.6 is 0 Å². The molecule has 2 aliphatic rings. The van der Waals surface area contributed by atoms with Crippen LogP contribution in [0.5, 0.6) is 0 Å². The second-order valence-corrected chi connectivity index (χ2v) is 6.91. The highest BCUT2D eigenvalue weighted by Crippen LogP contribution is 2.45. The Labute approximate surface area is 145 Å². The van der Waals surface area contributed by atoms with Crippen molar-refractivity contribution < 1.29 is 19.4 Å². The number of carbonyl (C=O) groups is 1. The van der Waals surface area contributed by atoms with E-state index in [1.54, 1.807) is 0 Å². The summed E-state index contributed by atoms with van der Waals surface area (Å²) in [6, 6.07) is 0. The molecule has 0 aromatic heterocycles. The summed E-state index contributed by atoms with van der Waals surface area (Å²) in [5.41, 5.74) is 0. The van der Waals surface area contributed by atoms with Crippen LogP contribution in [0.1, 0.15) is 58.3 Å². The SMILES string of the molecule is CCC/C=C/COC[C@H]1[C@@H](C/C=C\CCCC(=O)O)[C@H]2CC[C@@H]1O2. The van der Waals surface area contributed by atoms with Gasteiger partial charge in [0.1, 0.15) is 0 Å². The maximum atomic E-state index is 10.5. The number of carboxylic acids is 1. The average molecular weight is 336 g/mol. The van der Waals surface area contributed by atoms with Crippen molar-refractivity contribution in [3.8, 4) is 0 Å². The van der Waals surface area contributed by atoms with Crippen molar-refractivity contribution in [3.05, 3.63) is 24.3 Å². The summed E-state index contributed by atoms with van der Waals surface area (Å²) in [6.07, 6.45) is 16.9. The van der Waals surface area contributed by atoms with Gasteiger partial charge in [0.2, 0.25) is 0 Å². The molecule has 0 amide bonds. The van der Waals surface area contributed by atoms with Crippen molar-refractivity contribution in [3.63, 3.8) is 0 Å². The van der Waals surface area contributed by atoms with Crippen molar-refractivity contribution in [1.29, 1.82) is 0 Å². The fourth-order valence-electron chi connectivity index (χ4n) is 3.80. The molecule has 2 saturated heterocycles. The number of hydrogen-bond donors (Lipinski definition) is 1. The average Bonchev–Trinajstić information content (AvgIpc) is 3.15. The molecule has 0 unspecified atom stereocenters. The van der Waals surface area contributed by atoms with E-state index in [2.05, 4.69) is 31.2 Å². The van der Waals surface area contributed by atoms with Gasteiger partial charge >= 0.3 is 5.97 Å². The molecule has 24 heavy (non-hydrogen) atoms. The van der Waals surface area contributed by atoms with Gasteiger partial charge in [-0.15, -0.1) is 0 Å². The minimum absolute atomic E-state index is 0.254. The predicted octanol–water partition coefficient (Wildman–Crippen LogP) is 4.35. The third-order valence-electron chi connectivity index (χ3n) is 5.07. The van der Waals surface area contributed by atoms with E-state index >= 15 is 0 Å². The zero-order valence-corrected chi connectivity index (χ0v) is 14.9. The highest BCUT2D eigenvalue weighted by atomic mass is 16.5. The van der Waals surface area contributed by atoms with Crippen molar-refractivity contribution in [2.45, 2.75) is 70.5 Å². The Morgan fingerprint density at radius 3 is 2.62 bits per heavy atom. The highest BCUT2D eigenvalue weighted by Gasteiger charge is 2.47. The van der Waals surface area contributed by atoms with Crippen LogP contribution in [-0.4, -0.2) is 36.5 Å². The fraction of sp³-hybridized carbons (Fsp3) is 0.750. The first-order valence-corrected chi connectivity index (χ1v) is 9.47. The Morgan fingerprint density at radius 1 is 1.12 bits per heavy atom. The number of unbranched alkanes of at least 4 members (excludes halogenated alkanes) is 2. The van der Waals surface area contributed by atoms with Crippen LogP contribution in [0.25, 0.3) is 0 Å². The molecular weight excluding hydrogens is 304 g/mol. The van der Waals surface area contributed by atoms with Gasteiger partial charge in [-0.05, 0) is 44.4 Å². The summed E-state index contributed by atoms with van der Waals surface area (Å²) in [5, 5.41) is 8.64. The molecule has 2 bridgehead atoms. The quantitative estimate of drug-likeness (QED) is 0.425. The van der Waals surface area contributed by atoms with E-state index in [1.807, 2.05) is 0 Å². The summed E-state index contributed by atoms with van der Waals surface area (Å²) in [5.74, 6) is 0.348. The number of carboxylic acid groups (broad SMARTS) is 1. The van der Waals surface area contributed by atoms with Crippen LogP contribution in [0.2, 0.25) is 0 Å². The molecule has 136 valence electrons. The molecule has 2 rings (SSSR count). The molecule has 0 aliphatic carbocycles. The Hall–Kier alpha value is -1.13. The van der Waals surface area contributed by atoms with Gasteiger partial charge in [0, 0.05) is 12.3 Å². The van der Waals surface area contributed by atoms with Gasteiger partial charge in [0.25, 0.3) is 0 Å². The zero-order valence-electron chi connectivity index (χ0n) is 14.9. The van der Waals surface area contributed by atoms with E-state index in [4.69, 9.17) is 14.6 Å². The van der Waals surface area contributed by atoms with Crippen LogP contribution in [0.3, 0.4) is 0 Å². The summed E-state index contributed by atoms with van der Waals surface area (Å²) in [7, 11) is 0. The molecular formula is C20H32O4. The van der Waals surface area contributed by atoms with Crippen LogP contribution < -0.4 is 0 Å². The topological polar surface area (TPSA) is 55.8 Å². The number of aliphatic carboxylic acids is 1. The summed E-state index contributed by atoms with van der Waals surface area (Å²) in [4.78, 5) is 10.5. The Morgan fingerprint density at radius 2 is 1.88 bits per heavy atom. The van der Waals surface area contributed by atoms with Crippen molar-refractivity contribution in [2.24, 2.45) is 11.8 Å². The molecule has 1 N–H and O–H groups in total. The summed E-state index contributed by atoms with van der Waals surface area (Å²) < 4.78 is 12.0. The minimum atomic E-state index is -0.713. The lowest BCUT2D eigenvalue weighted by Crippen LogP contribution is -2.30. The molecule has 0 radical (unpaired) electrons. The van der Waals surface area contributed by atoms with Gasteiger partial charge in [-0.2, -0.15) is 0 Å². The second kappa shape index (κ2) is 10.7. The maximum Gasteiger partial charge on any atom is 0.303 e. The van der Waals surface area contributed by atoms with Crippen LogP contribution in [0, 0.1) is 11.8 Å². The molecule has 4 atom stereocenters. The molecule has 0 saturated carbocycles. The van der Waals surface area contributed by atoms with Crippen molar-refractivity contribution in [2.75, 3.05) is 13.2 Å². The molecule has 2 heterocycles. The van der Waals surface area contributed by atoms with Crippen LogP contribution in [0.4, 0.5) is 0 Å². The van der Waals surface area contributed by atoms with Gasteiger partial charge in [-0.3, -0.25) is 4.79 Å². The van der Waals surface area contributed by atoms with Gasteiger partial charge in [-0.25, -0.2) is 0 Å². The number of hydrogen-bond acceptors (Lipinski definition) is 3. The van der Waals surface area contributed by atoms with E-state index in [0.717, 1.165) is 32.3 Å². The van der Waals surface area contributed by atoms with Crippen LogP contribution in [0.15, 0.2) is 24.3 Å². The first-order valence-electron chi connectivity index (χ1n) is 9.47. The second-order valence-electron chi connectivity index (χ2n) is 6.91. The van der Waals surface area contributed by atoms with E-state index in [0.29, 0.717) is 30.7 Å². The highest BCUT2D eigenvalue weighted by molar-refractivity contribution is 5.66. The zero-order chi connectivity index (χ0) is 17.2. The third-order valence-corrected chi connectivity index (χ3v) is 5.07. The monoisotopic (exact) mass is 336 g/mol. The minimum Gasteiger partial charge on any atom is -0.481 e. The van der Waals surface area contributed by atoms with E-state index in [9.17, 15) is 4.79 Å². The fourth-order valence-corrected chi connectivity index (χ4v) is 3.80. The molecule has 0 spiro atoms. The lowest BCUT2D eigenvalue weighted by molar-refractivity contribution is -0.137. The number of allylic oxidation sites excluding steroid dienone is 3. The largest absolute Gasteiger partial charge is 0.481 e. The standard InChI is InChI=1S/C20H32O4/c1-2-3-4-9-14-23-15-17-16(18-12-13-19(17)24-18)10-7-5-6-8-11-20(21)22/h4-5,7,9,16-19H,2-3,6,8,10-15H2,1H3,(H,21,22)/b7-5-,9-4+/t16-,17+,18-,19+/m1/s1. The normalized spacial score (nSPS) is 29.2. The van der Waals surface area contributed by atoms with E-state index in [-0.39, 0.29) is 6.42 Å². The molecule has 2 fully saturated rings. The van der Waals surface area contributed by atoms with Gasteiger partial charge < -0.3 is 14.6 Å². The van der Waals surface area contributed by atoms with Gasteiger partial charge in [0.05, 0.1) is 25.4 Å². The third kappa shape index (κ3) is 6.06. The van der Waals surface area contributed by atoms with Crippen LogP contribution in [-0.2, 0) is 14.3 Å². The van der Waals surface area contributed by atoms with Crippen molar-refractivity contribution in [1.82, 2.24) is 0 Å². The molecule has 0 aromatic carbocycles. The predicted molar refractivity (Wildman–Crippen MR) is 95.0 cm³/mol. The summed E-state index contributed by atoms with van der Waals surface area (Å²) in [6.45, 7) is 3.67. The number of ether oxygens (including phenoxy) is 2. The molecule has 4 nitrogen and oxygen atoms in total. The van der Waals surface area contributed by atoms with Crippen molar-refractivity contribution >= 4 is 5.97 Å². The molecule has 4 heteroatoms. The maximum absolute atomic E-state index is 10.5. The number of rotatable bonds is 12. The van der Waals surface area contributed by atoms with E-state index in [1.165, 1.54) is 19.3 Å². The number of fused-ring (bicyclic) bond motifs is 2. The van der Waals surface area contributed by atoms with E-state index < -0.39 is 5.97 Å². The lowest BCUT2D eigenvalue weighted by Gasteiger charge is -2.26.